The molecule has 0 atom stereocenters. The van der Waals surface area contributed by atoms with Gasteiger partial charge in [-0.05, 0) is 42.5 Å². The Morgan fingerprint density at radius 3 is 2.64 bits per heavy atom. The molecule has 5 aromatic rings. The van der Waals surface area contributed by atoms with Crippen LogP contribution < -0.4 is 15.6 Å². The first-order chi connectivity index (χ1) is 18.6. The van der Waals surface area contributed by atoms with E-state index in [1.165, 1.54) is 46.4 Å². The third kappa shape index (κ3) is 4.84. The van der Waals surface area contributed by atoms with Crippen LogP contribution in [0.3, 0.4) is 0 Å². The van der Waals surface area contributed by atoms with Crippen molar-refractivity contribution >= 4 is 60.8 Å². The number of para-hydroxylation sites is 1. The molecule has 11 nitrogen and oxygen atoms in total. The number of aryl methyl sites for hydroxylation is 1. The molecule has 0 aliphatic heterocycles. The van der Waals surface area contributed by atoms with Crippen molar-refractivity contribution in [2.45, 2.75) is 11.3 Å². The van der Waals surface area contributed by atoms with E-state index in [2.05, 4.69) is 9.97 Å². The molecule has 198 valence electrons. The highest BCUT2D eigenvalue weighted by atomic mass is 32.2. The highest BCUT2D eigenvalue weighted by Crippen LogP contribution is 2.30. The number of nitrogens with two attached hydrogens (primary N) is 1. The Balaban J connectivity index is 1.63. The van der Waals surface area contributed by atoms with E-state index in [4.69, 9.17) is 11.1 Å². The molecule has 0 amide bonds. The van der Waals surface area contributed by atoms with E-state index < -0.39 is 22.5 Å². The van der Waals surface area contributed by atoms with Crippen LogP contribution in [0.2, 0.25) is 0 Å². The SMILES string of the molecule is Cn1c(=O)c(Cc2ccc(C(=N)N)s2)nc2cc(N(CC(=O)O)S(=O)(=O)c3cccc4cccnc34)ccc21. The van der Waals surface area contributed by atoms with Crippen molar-refractivity contribution in [1.82, 2.24) is 14.5 Å². The van der Waals surface area contributed by atoms with Crippen LogP contribution >= 0.6 is 11.3 Å². The van der Waals surface area contributed by atoms with Crippen molar-refractivity contribution < 1.29 is 18.3 Å². The summed E-state index contributed by atoms with van der Waals surface area (Å²) >= 11 is 1.28. The first-order valence-corrected chi connectivity index (χ1v) is 13.8. The summed E-state index contributed by atoms with van der Waals surface area (Å²) in [6, 6.07) is 16.0. The maximum atomic E-state index is 13.8. The van der Waals surface area contributed by atoms with Crippen molar-refractivity contribution in [3.63, 3.8) is 0 Å². The Morgan fingerprint density at radius 2 is 1.92 bits per heavy atom. The van der Waals surface area contributed by atoms with E-state index in [1.807, 2.05) is 0 Å². The lowest BCUT2D eigenvalue weighted by atomic mass is 10.2. The van der Waals surface area contributed by atoms with Gasteiger partial charge in [0, 0.05) is 29.9 Å². The average Bonchev–Trinajstić information content (AvgIpc) is 3.38. The van der Waals surface area contributed by atoms with Crippen LogP contribution in [0.5, 0.6) is 0 Å². The minimum absolute atomic E-state index is 0.0728. The number of amidine groups is 1. The molecule has 0 spiro atoms. The predicted molar refractivity (Wildman–Crippen MR) is 149 cm³/mol. The van der Waals surface area contributed by atoms with Gasteiger partial charge in [-0.3, -0.25) is 24.3 Å². The van der Waals surface area contributed by atoms with Crippen LogP contribution in [-0.4, -0.2) is 46.4 Å². The van der Waals surface area contributed by atoms with Gasteiger partial charge in [0.1, 0.15) is 23.0 Å². The van der Waals surface area contributed by atoms with E-state index in [0.717, 1.165) is 9.18 Å². The van der Waals surface area contributed by atoms with E-state index in [-0.39, 0.29) is 39.6 Å². The molecule has 0 saturated carbocycles. The number of aromatic nitrogens is 3. The molecule has 0 aliphatic rings. The number of rotatable bonds is 8. The summed E-state index contributed by atoms with van der Waals surface area (Å²) in [5.74, 6) is -1.42. The molecular formula is C26H22N6O5S2. The monoisotopic (exact) mass is 562 g/mol. The fourth-order valence-electron chi connectivity index (χ4n) is 4.28. The number of hydrogen-bond acceptors (Lipinski definition) is 8. The van der Waals surface area contributed by atoms with E-state index >= 15 is 0 Å². The zero-order valence-corrected chi connectivity index (χ0v) is 22.2. The summed E-state index contributed by atoms with van der Waals surface area (Å²) in [4.78, 5) is 34.7. The predicted octanol–water partition coefficient (Wildman–Crippen LogP) is 2.70. The number of nitrogens with zero attached hydrogens (tertiary/aromatic N) is 4. The lowest BCUT2D eigenvalue weighted by Crippen LogP contribution is -2.36. The number of pyridine rings is 1. The Kier molecular flexibility index (Phi) is 6.62. The van der Waals surface area contributed by atoms with Crippen LogP contribution in [0.4, 0.5) is 5.69 Å². The standard InChI is InChI=1S/C26H22N6O5S2/c1-31-20-9-7-16(12-18(20)30-19(26(31)35)13-17-8-10-21(38-17)25(27)28)32(14-23(33)34)39(36,37)22-6-2-4-15-5-3-11-29-24(15)22/h2-12H,13-14H2,1H3,(H3,27,28)(H,33,34). The molecule has 0 fully saturated rings. The van der Waals surface area contributed by atoms with Crippen molar-refractivity contribution in [2.75, 3.05) is 10.8 Å². The Hall–Kier alpha value is -4.62. The van der Waals surface area contributed by atoms with Gasteiger partial charge in [0.05, 0.1) is 27.1 Å². The van der Waals surface area contributed by atoms with Crippen molar-refractivity contribution in [2.24, 2.45) is 12.8 Å². The van der Waals surface area contributed by atoms with Gasteiger partial charge in [-0.1, -0.05) is 18.2 Å². The summed E-state index contributed by atoms with van der Waals surface area (Å²) in [7, 11) is -2.78. The molecule has 0 bridgehead atoms. The molecular weight excluding hydrogens is 540 g/mol. The molecule has 0 unspecified atom stereocenters. The molecule has 13 heteroatoms. The summed E-state index contributed by atoms with van der Waals surface area (Å²) in [6.07, 6.45) is 1.65. The third-order valence-electron chi connectivity index (χ3n) is 6.13. The summed E-state index contributed by atoms with van der Waals surface area (Å²) < 4.78 is 29.9. The van der Waals surface area contributed by atoms with Crippen LogP contribution in [0.1, 0.15) is 15.4 Å². The largest absolute Gasteiger partial charge is 0.480 e. The van der Waals surface area contributed by atoms with Crippen molar-refractivity contribution in [3.8, 4) is 0 Å². The van der Waals surface area contributed by atoms with Gasteiger partial charge >= 0.3 is 5.97 Å². The van der Waals surface area contributed by atoms with Gasteiger partial charge in [-0.15, -0.1) is 11.3 Å². The Bertz CT molecular complexity index is 1940. The number of anilines is 1. The molecule has 4 N–H and O–H groups in total. The number of nitrogens with one attached hydrogen (secondary N) is 1. The van der Waals surface area contributed by atoms with Crippen LogP contribution in [0, 0.1) is 5.41 Å². The molecule has 39 heavy (non-hydrogen) atoms. The van der Waals surface area contributed by atoms with E-state index in [1.54, 1.807) is 43.4 Å². The van der Waals surface area contributed by atoms with Crippen LogP contribution in [-0.2, 0) is 28.3 Å². The third-order valence-corrected chi connectivity index (χ3v) is 9.05. The average molecular weight is 563 g/mol. The number of sulfonamides is 1. The first kappa shape index (κ1) is 26.0. The van der Waals surface area contributed by atoms with Gasteiger partial charge in [-0.25, -0.2) is 13.4 Å². The lowest BCUT2D eigenvalue weighted by Gasteiger charge is -2.23. The van der Waals surface area contributed by atoms with Crippen LogP contribution in [0.25, 0.3) is 21.9 Å². The number of fused-ring (bicyclic) bond motifs is 2. The minimum Gasteiger partial charge on any atom is -0.480 e. The summed E-state index contributed by atoms with van der Waals surface area (Å²) in [6.45, 7) is -0.835. The molecule has 0 saturated heterocycles. The maximum Gasteiger partial charge on any atom is 0.324 e. The number of carboxylic acids is 1. The molecule has 3 aromatic heterocycles. The van der Waals surface area contributed by atoms with E-state index in [9.17, 15) is 23.1 Å². The summed E-state index contributed by atoms with van der Waals surface area (Å²) in [5, 5.41) is 17.8. The fraction of sp³-hybridized carbons (Fsp3) is 0.115. The molecule has 0 aliphatic carbocycles. The second-order valence-electron chi connectivity index (χ2n) is 8.69. The highest BCUT2D eigenvalue weighted by molar-refractivity contribution is 7.93. The number of thiophene rings is 1. The Labute approximate surface area is 226 Å². The van der Waals surface area contributed by atoms with Crippen molar-refractivity contribution in [1.29, 1.82) is 5.41 Å². The molecule has 3 heterocycles. The number of benzene rings is 2. The maximum absolute atomic E-state index is 13.8. The van der Waals surface area contributed by atoms with Gasteiger partial charge in [0.15, 0.2) is 0 Å². The quantitative estimate of drug-likeness (QED) is 0.191. The van der Waals surface area contributed by atoms with Gasteiger partial charge in [0.25, 0.3) is 15.6 Å². The number of hydrogen-bond donors (Lipinski definition) is 3. The highest BCUT2D eigenvalue weighted by Gasteiger charge is 2.29. The minimum atomic E-state index is -4.36. The number of nitrogen functional groups attached to an aromatic ring is 1. The second kappa shape index (κ2) is 9.93. The topological polar surface area (TPSA) is 172 Å². The first-order valence-electron chi connectivity index (χ1n) is 11.6. The fourth-order valence-corrected chi connectivity index (χ4v) is 6.72. The molecule has 2 aromatic carbocycles. The lowest BCUT2D eigenvalue weighted by molar-refractivity contribution is -0.135. The zero-order valence-electron chi connectivity index (χ0n) is 20.5. The Morgan fingerprint density at radius 1 is 1.15 bits per heavy atom. The molecule has 5 rings (SSSR count). The number of carboxylic acid groups (broad SMARTS) is 1. The van der Waals surface area contributed by atoms with Crippen molar-refractivity contribution in [3.05, 3.63) is 92.7 Å². The van der Waals surface area contributed by atoms with Gasteiger partial charge in [-0.2, -0.15) is 0 Å². The normalized spacial score (nSPS) is 11.6. The second-order valence-corrected chi connectivity index (χ2v) is 11.7. The molecule has 0 radical (unpaired) electrons. The van der Waals surface area contributed by atoms with Gasteiger partial charge < -0.3 is 15.4 Å². The van der Waals surface area contributed by atoms with Gasteiger partial charge in [0.2, 0.25) is 0 Å². The van der Waals surface area contributed by atoms with E-state index in [0.29, 0.717) is 21.3 Å². The van der Waals surface area contributed by atoms with Crippen LogP contribution in [0.15, 0.2) is 76.6 Å². The number of aliphatic carboxylic acids is 1. The smallest absolute Gasteiger partial charge is 0.324 e. The summed E-state index contributed by atoms with van der Waals surface area (Å²) in [5.41, 5.74) is 6.49. The number of carbonyl (C=O) groups is 1. The zero-order chi connectivity index (χ0) is 27.9.